The summed E-state index contributed by atoms with van der Waals surface area (Å²) in [5.74, 6) is -5.23. The lowest BCUT2D eigenvalue weighted by molar-refractivity contribution is -0.172. The number of imide groups is 1. The number of amides is 5. The second-order valence-electron chi connectivity index (χ2n) is 20.0. The Balaban J connectivity index is 0.830. The number of carbonyl (C=O) groups is 9. The van der Waals surface area contributed by atoms with Crippen LogP contribution in [0.1, 0.15) is 123 Å². The van der Waals surface area contributed by atoms with Crippen LogP contribution in [0, 0.1) is 18.7 Å². The molecule has 0 fully saturated rings. The van der Waals surface area contributed by atoms with Gasteiger partial charge >= 0.3 is 5.97 Å². The number of carbonyl (C=O) groups excluding carboxylic acids is 9. The zero-order chi connectivity index (χ0) is 55.1. The zero-order valence-corrected chi connectivity index (χ0v) is 43.5. The lowest BCUT2D eigenvalue weighted by atomic mass is 9.81. The van der Waals surface area contributed by atoms with E-state index in [0.717, 1.165) is 21.6 Å². The zero-order valence-electron chi connectivity index (χ0n) is 43.5. The molecule has 20 heteroatoms. The van der Waals surface area contributed by atoms with E-state index in [-0.39, 0.29) is 138 Å². The van der Waals surface area contributed by atoms with Gasteiger partial charge in [-0.3, -0.25) is 48.1 Å². The van der Waals surface area contributed by atoms with Gasteiger partial charge in [0.2, 0.25) is 17.7 Å². The minimum absolute atomic E-state index is 0.0191. The molecule has 4 aliphatic rings. The Labute approximate surface area is 443 Å². The number of esters is 1. The van der Waals surface area contributed by atoms with E-state index in [1.54, 1.807) is 49.1 Å². The van der Waals surface area contributed by atoms with E-state index < -0.39 is 52.5 Å². The molecule has 8 rings (SSSR count). The van der Waals surface area contributed by atoms with Crippen LogP contribution in [0.3, 0.4) is 0 Å². The van der Waals surface area contributed by atoms with Crippen molar-refractivity contribution in [1.29, 1.82) is 0 Å². The third-order valence-corrected chi connectivity index (χ3v) is 15.1. The molecule has 406 valence electrons. The Kier molecular flexibility index (Phi) is 17.5. The number of cyclic esters (lactones) is 1. The molecular formula is C57H63FN6O13. The third-order valence-electron chi connectivity index (χ3n) is 15.1. The molecule has 2 aromatic heterocycles. The first-order valence-electron chi connectivity index (χ1n) is 26.3. The van der Waals surface area contributed by atoms with E-state index in [1.807, 2.05) is 13.0 Å². The molecule has 1 aliphatic carbocycles. The monoisotopic (exact) mass is 1060 g/mol. The van der Waals surface area contributed by atoms with E-state index >= 15 is 4.39 Å². The average molecular weight is 1060 g/mol. The molecule has 4 aromatic rings. The molecule has 19 nitrogen and oxygen atoms in total. The minimum Gasteiger partial charge on any atom is -0.458 e. The van der Waals surface area contributed by atoms with Crippen molar-refractivity contribution < 1.29 is 62.1 Å². The number of hydrogen-bond acceptors (Lipinski definition) is 14. The number of halogens is 1. The predicted molar refractivity (Wildman–Crippen MR) is 276 cm³/mol. The second-order valence-corrected chi connectivity index (χ2v) is 20.0. The van der Waals surface area contributed by atoms with Crippen LogP contribution in [0.2, 0.25) is 0 Å². The van der Waals surface area contributed by atoms with Crippen molar-refractivity contribution in [3.05, 3.63) is 110 Å². The fourth-order valence-electron chi connectivity index (χ4n) is 10.8. The van der Waals surface area contributed by atoms with E-state index in [4.69, 9.17) is 14.5 Å². The number of nitrogens with zero attached hydrogens (tertiary/aromatic N) is 4. The standard InChI is InChI=1S/C57H63FN6O13/c1-4-57(75)42-26-46-53-40(30-64(46)55(73)41(42)31-77-56(57)74)52-45(17-16-39-33(3)43(58)27-44(61-53)51(39)52)62(5-2)50(71)32-76-23-21-37(66)28-60-54(72)35(24-34-12-8-6-9-13-34)25-38(67)29-59-47(68)18-15-36(65)14-10-7-11-22-63-48(69)19-20-49(63)70/h6,8-9,12-13,19-20,26-27,35,45,75H,4-5,7,10-11,14-18,21-25,28-32H2,1-3H3,(H,59,68)(H,60,72)/t35-,45+,57+/m1/s1. The fraction of sp³-hybridized carbons (Fsp3) is 0.456. The van der Waals surface area contributed by atoms with E-state index in [9.17, 15) is 53.1 Å². The van der Waals surface area contributed by atoms with Gasteiger partial charge in [0.1, 0.15) is 24.8 Å². The number of ketones is 3. The summed E-state index contributed by atoms with van der Waals surface area (Å²) in [5, 5.41) is 17.3. The van der Waals surface area contributed by atoms with Gasteiger partial charge in [0.15, 0.2) is 17.2 Å². The van der Waals surface area contributed by atoms with Crippen molar-refractivity contribution in [3.63, 3.8) is 0 Å². The summed E-state index contributed by atoms with van der Waals surface area (Å²) in [4.78, 5) is 137. The maximum absolute atomic E-state index is 15.5. The van der Waals surface area contributed by atoms with Gasteiger partial charge in [-0.05, 0) is 80.7 Å². The van der Waals surface area contributed by atoms with E-state index in [1.165, 1.54) is 22.8 Å². The fourth-order valence-corrected chi connectivity index (χ4v) is 10.8. The van der Waals surface area contributed by atoms with Gasteiger partial charge in [0.25, 0.3) is 17.4 Å². The highest BCUT2D eigenvalue weighted by molar-refractivity contribution is 6.12. The molecule has 5 amide bonds. The number of pyridine rings is 2. The summed E-state index contributed by atoms with van der Waals surface area (Å²) in [6, 6.07) is 11.4. The molecule has 2 aromatic carbocycles. The first-order valence-corrected chi connectivity index (χ1v) is 26.3. The van der Waals surface area contributed by atoms with Crippen LogP contribution in [0.15, 0.2) is 59.4 Å². The number of rotatable bonds is 26. The van der Waals surface area contributed by atoms with Crippen molar-refractivity contribution in [2.45, 2.75) is 123 Å². The number of aromatic nitrogens is 2. The van der Waals surface area contributed by atoms with Gasteiger partial charge in [0.05, 0.1) is 54.8 Å². The Morgan fingerprint density at radius 1 is 0.896 bits per heavy atom. The van der Waals surface area contributed by atoms with Crippen molar-refractivity contribution in [3.8, 4) is 11.4 Å². The van der Waals surface area contributed by atoms with Crippen molar-refractivity contribution in [2.75, 3.05) is 39.4 Å². The highest BCUT2D eigenvalue weighted by Gasteiger charge is 2.46. The van der Waals surface area contributed by atoms with Crippen LogP contribution >= 0.6 is 0 Å². The minimum atomic E-state index is -2.05. The van der Waals surface area contributed by atoms with Crippen LogP contribution < -0.4 is 16.2 Å². The number of benzene rings is 2. The van der Waals surface area contributed by atoms with Crippen molar-refractivity contribution >= 4 is 63.8 Å². The SMILES string of the molecule is CCN(C(=O)COCCC(=O)CNC(=O)[C@@H](CC(=O)CNC(=O)CCC(=O)CCCCCN1C(=O)C=CC1=O)Cc1ccccc1)[C@H]1CCc2c(C)c(F)cc3nc4c(c1c23)Cn1c-4cc2c(c1=O)COC(=O)[C@]2(O)CC. The van der Waals surface area contributed by atoms with Gasteiger partial charge in [-0.1, -0.05) is 43.7 Å². The normalized spacial score (nSPS) is 17.4. The molecule has 5 heterocycles. The van der Waals surface area contributed by atoms with Crippen LogP contribution in [0.25, 0.3) is 22.3 Å². The molecule has 0 saturated heterocycles. The van der Waals surface area contributed by atoms with Gasteiger partial charge in [-0.2, -0.15) is 0 Å². The van der Waals surface area contributed by atoms with Crippen molar-refractivity contribution in [1.82, 2.24) is 30.0 Å². The first-order chi connectivity index (χ1) is 36.9. The van der Waals surface area contributed by atoms with E-state index in [2.05, 4.69) is 10.6 Å². The maximum atomic E-state index is 15.5. The number of aryl methyl sites for hydroxylation is 1. The lowest BCUT2D eigenvalue weighted by Gasteiger charge is -2.37. The Bertz CT molecular complexity index is 3130. The maximum Gasteiger partial charge on any atom is 0.343 e. The molecule has 0 bridgehead atoms. The van der Waals surface area contributed by atoms with Crippen LogP contribution in [-0.2, 0) is 84.2 Å². The topological polar surface area (TPSA) is 258 Å². The number of fused-ring (bicyclic) bond motifs is 5. The lowest BCUT2D eigenvalue weighted by Crippen LogP contribution is -2.44. The third kappa shape index (κ3) is 12.0. The molecule has 3 aliphatic heterocycles. The number of hydrogen-bond donors (Lipinski definition) is 3. The van der Waals surface area contributed by atoms with Crippen LogP contribution in [0.5, 0.6) is 0 Å². The summed E-state index contributed by atoms with van der Waals surface area (Å²) >= 11 is 0. The van der Waals surface area contributed by atoms with Crippen LogP contribution in [0.4, 0.5) is 4.39 Å². The Hall–Kier alpha value is -7.58. The molecule has 3 N–H and O–H groups in total. The summed E-state index contributed by atoms with van der Waals surface area (Å²) < 4.78 is 28.0. The number of likely N-dealkylation sites (N-methyl/N-ethyl adjacent to an activating group) is 1. The van der Waals surface area contributed by atoms with Gasteiger partial charge < -0.3 is 34.7 Å². The highest BCUT2D eigenvalue weighted by Crippen LogP contribution is 2.47. The summed E-state index contributed by atoms with van der Waals surface area (Å²) in [6.07, 6.45) is 4.88. The Morgan fingerprint density at radius 3 is 2.36 bits per heavy atom. The quantitative estimate of drug-likeness (QED) is 0.0398. The van der Waals surface area contributed by atoms with Gasteiger partial charge in [-0.25, -0.2) is 14.2 Å². The highest BCUT2D eigenvalue weighted by atomic mass is 19.1. The predicted octanol–water partition coefficient (Wildman–Crippen LogP) is 4.22. The number of nitrogens with one attached hydrogen (secondary N) is 2. The van der Waals surface area contributed by atoms with E-state index in [0.29, 0.717) is 65.5 Å². The molecule has 0 radical (unpaired) electrons. The molecule has 0 spiro atoms. The molecule has 77 heavy (non-hydrogen) atoms. The van der Waals surface area contributed by atoms with Crippen molar-refractivity contribution in [2.24, 2.45) is 5.92 Å². The first kappa shape index (κ1) is 55.6. The molecule has 0 saturated carbocycles. The second kappa shape index (κ2) is 24.2. The molecule has 0 unspecified atom stereocenters. The largest absolute Gasteiger partial charge is 0.458 e. The van der Waals surface area contributed by atoms with Gasteiger partial charge in [-0.15, -0.1) is 0 Å². The number of Topliss-reactive ketones (excluding diaryl/α,β-unsaturated/α-hetero) is 3. The smallest absolute Gasteiger partial charge is 0.343 e. The molecular weight excluding hydrogens is 996 g/mol. The number of unbranched alkanes of at least 4 members (excludes halogenated alkanes) is 2. The Morgan fingerprint density at radius 2 is 1.64 bits per heavy atom. The number of ether oxygens (including phenoxy) is 2. The summed E-state index contributed by atoms with van der Waals surface area (Å²) in [5.41, 5.74) is 2.26. The van der Waals surface area contributed by atoms with Gasteiger partial charge in [0, 0.05) is 85.8 Å². The average Bonchev–Trinajstić information content (AvgIpc) is 4.16. The summed E-state index contributed by atoms with van der Waals surface area (Å²) in [6.45, 7) is 4.19. The van der Waals surface area contributed by atoms with Crippen LogP contribution in [-0.4, -0.2) is 117 Å². The number of aliphatic hydroxyl groups is 1. The summed E-state index contributed by atoms with van der Waals surface area (Å²) in [7, 11) is 0. The molecule has 3 atom stereocenters.